The summed E-state index contributed by atoms with van der Waals surface area (Å²) in [4.78, 5) is 26.2. The van der Waals surface area contributed by atoms with Gasteiger partial charge in [0.25, 0.3) is 5.91 Å². The van der Waals surface area contributed by atoms with Gasteiger partial charge in [-0.1, -0.05) is 22.8 Å². The van der Waals surface area contributed by atoms with E-state index in [1.807, 2.05) is 0 Å². The molecule has 0 aliphatic carbocycles. The van der Waals surface area contributed by atoms with Crippen molar-refractivity contribution >= 4 is 23.2 Å². The number of halogens is 1. The number of nitrogens with zero attached hydrogens (tertiary/aromatic N) is 3. The highest BCUT2D eigenvalue weighted by Gasteiger charge is 2.23. The van der Waals surface area contributed by atoms with Crippen LogP contribution in [0, 0.1) is 17.0 Å². The summed E-state index contributed by atoms with van der Waals surface area (Å²) in [5, 5.41) is 17.0. The lowest BCUT2D eigenvalue weighted by atomic mass is 10.1. The zero-order valence-electron chi connectivity index (χ0n) is 11.0. The van der Waals surface area contributed by atoms with Crippen molar-refractivity contribution in [2.75, 3.05) is 6.54 Å². The Balaban J connectivity index is 2.04. The number of carbonyl (C=O) groups is 1. The van der Waals surface area contributed by atoms with Crippen LogP contribution >= 0.6 is 11.6 Å². The van der Waals surface area contributed by atoms with Gasteiger partial charge in [-0.3, -0.25) is 14.9 Å². The van der Waals surface area contributed by atoms with Gasteiger partial charge < -0.3 is 9.84 Å². The van der Waals surface area contributed by atoms with Crippen molar-refractivity contribution in [3.63, 3.8) is 0 Å². The fourth-order valence-electron chi connectivity index (χ4n) is 1.70. The van der Waals surface area contributed by atoms with E-state index in [0.717, 1.165) is 0 Å². The molecule has 21 heavy (non-hydrogen) atoms. The van der Waals surface area contributed by atoms with E-state index in [-0.39, 0.29) is 17.1 Å². The van der Waals surface area contributed by atoms with Gasteiger partial charge in [-0.05, 0) is 19.1 Å². The van der Waals surface area contributed by atoms with Crippen LogP contribution in [0.15, 0.2) is 22.7 Å². The topological polar surface area (TPSA) is 111 Å². The molecule has 0 unspecified atom stereocenters. The van der Waals surface area contributed by atoms with Gasteiger partial charge in [0.05, 0.1) is 4.92 Å². The Bertz CT molecular complexity index is 686. The first-order chi connectivity index (χ1) is 9.99. The number of benzene rings is 1. The normalized spacial score (nSPS) is 10.4. The summed E-state index contributed by atoms with van der Waals surface area (Å²) < 4.78 is 4.89. The number of amides is 1. The molecule has 0 saturated carbocycles. The minimum absolute atomic E-state index is 0.0832. The minimum atomic E-state index is -0.682. The van der Waals surface area contributed by atoms with Gasteiger partial charge in [-0.15, -0.1) is 0 Å². The predicted octanol–water partition coefficient (Wildman–Crippen LogP) is 1.91. The van der Waals surface area contributed by atoms with E-state index < -0.39 is 16.5 Å². The summed E-state index contributed by atoms with van der Waals surface area (Å²) in [5.74, 6) is 0.302. The Labute approximate surface area is 124 Å². The quantitative estimate of drug-likeness (QED) is 0.667. The first-order valence-electron chi connectivity index (χ1n) is 5.99. The maximum absolute atomic E-state index is 12.0. The summed E-state index contributed by atoms with van der Waals surface area (Å²) in [5.41, 5.74) is -0.500. The van der Waals surface area contributed by atoms with Crippen molar-refractivity contribution in [3.05, 3.63) is 50.6 Å². The van der Waals surface area contributed by atoms with E-state index in [4.69, 9.17) is 16.1 Å². The molecule has 0 saturated heterocycles. The van der Waals surface area contributed by atoms with Crippen LogP contribution in [0.3, 0.4) is 0 Å². The van der Waals surface area contributed by atoms with Crippen LogP contribution < -0.4 is 5.32 Å². The van der Waals surface area contributed by atoms with Crippen LogP contribution in [-0.2, 0) is 6.42 Å². The van der Waals surface area contributed by atoms with Crippen LogP contribution in [0.2, 0.25) is 5.02 Å². The highest BCUT2D eigenvalue weighted by atomic mass is 35.5. The monoisotopic (exact) mass is 310 g/mol. The second-order valence-electron chi connectivity index (χ2n) is 4.13. The molecule has 1 aromatic carbocycles. The SMILES string of the molecule is Cc1noc(CCNC(=O)c2cccc(Cl)c2[N+](=O)[O-])n1. The number of nitrogens with one attached hydrogen (secondary N) is 1. The molecule has 0 spiro atoms. The van der Waals surface area contributed by atoms with Crippen molar-refractivity contribution in [1.82, 2.24) is 15.5 Å². The van der Waals surface area contributed by atoms with Crippen molar-refractivity contribution in [3.8, 4) is 0 Å². The molecular weight excluding hydrogens is 300 g/mol. The molecule has 1 N–H and O–H groups in total. The smallest absolute Gasteiger partial charge is 0.300 e. The van der Waals surface area contributed by atoms with Gasteiger partial charge in [0, 0.05) is 13.0 Å². The van der Waals surface area contributed by atoms with Gasteiger partial charge >= 0.3 is 5.69 Å². The summed E-state index contributed by atoms with van der Waals surface area (Å²) >= 11 is 5.75. The van der Waals surface area contributed by atoms with Crippen molar-refractivity contribution in [2.45, 2.75) is 13.3 Å². The number of nitro benzene ring substituents is 1. The Morgan fingerprint density at radius 3 is 2.90 bits per heavy atom. The first-order valence-corrected chi connectivity index (χ1v) is 6.37. The molecule has 0 atom stereocenters. The fraction of sp³-hybridized carbons (Fsp3) is 0.250. The Hall–Kier alpha value is -2.48. The molecule has 8 nitrogen and oxygen atoms in total. The van der Waals surface area contributed by atoms with Crippen molar-refractivity contribution < 1.29 is 14.2 Å². The second kappa shape index (κ2) is 6.31. The van der Waals surface area contributed by atoms with Crippen molar-refractivity contribution in [2.24, 2.45) is 0 Å². The maximum Gasteiger partial charge on any atom is 0.300 e. The third-order valence-electron chi connectivity index (χ3n) is 2.61. The number of aryl methyl sites for hydroxylation is 1. The zero-order valence-corrected chi connectivity index (χ0v) is 11.8. The average Bonchev–Trinajstić information content (AvgIpc) is 2.83. The molecule has 9 heteroatoms. The highest BCUT2D eigenvalue weighted by molar-refractivity contribution is 6.33. The van der Waals surface area contributed by atoms with Gasteiger partial charge in [-0.2, -0.15) is 4.98 Å². The summed E-state index contributed by atoms with van der Waals surface area (Å²) in [6.07, 6.45) is 0.334. The number of para-hydroxylation sites is 1. The standard InChI is InChI=1S/C12H11ClN4O4/c1-7-15-10(21-16-7)5-6-14-12(18)8-3-2-4-9(13)11(8)17(19)20/h2-4H,5-6H2,1H3,(H,14,18). The number of aromatic nitrogens is 2. The summed E-state index contributed by atoms with van der Waals surface area (Å²) in [7, 11) is 0. The van der Waals surface area contributed by atoms with Crippen molar-refractivity contribution in [1.29, 1.82) is 0 Å². The molecule has 0 aliphatic rings. The summed E-state index contributed by atoms with van der Waals surface area (Å²) in [6, 6.07) is 4.18. The number of hydrogen-bond acceptors (Lipinski definition) is 6. The molecule has 0 radical (unpaired) electrons. The lowest BCUT2D eigenvalue weighted by Gasteiger charge is -2.05. The van der Waals surface area contributed by atoms with Crippen LogP contribution in [0.4, 0.5) is 5.69 Å². The van der Waals surface area contributed by atoms with E-state index in [1.54, 1.807) is 6.92 Å². The number of hydrogen-bond donors (Lipinski definition) is 1. The number of nitro groups is 1. The Morgan fingerprint density at radius 2 is 2.29 bits per heavy atom. The van der Waals surface area contributed by atoms with Crippen LogP contribution in [0.5, 0.6) is 0 Å². The van der Waals surface area contributed by atoms with Gasteiger partial charge in [-0.25, -0.2) is 0 Å². The number of carbonyl (C=O) groups excluding carboxylic acids is 1. The van der Waals surface area contributed by atoms with E-state index in [1.165, 1.54) is 18.2 Å². The number of rotatable bonds is 5. The highest BCUT2D eigenvalue weighted by Crippen LogP contribution is 2.27. The van der Waals surface area contributed by atoms with Gasteiger partial charge in [0.1, 0.15) is 10.6 Å². The lowest BCUT2D eigenvalue weighted by Crippen LogP contribution is -2.26. The molecule has 2 aromatic rings. The van der Waals surface area contributed by atoms with Crippen LogP contribution in [0.1, 0.15) is 22.1 Å². The van der Waals surface area contributed by atoms with Crippen LogP contribution in [0.25, 0.3) is 0 Å². The average molecular weight is 311 g/mol. The molecule has 0 aliphatic heterocycles. The zero-order chi connectivity index (χ0) is 15.4. The predicted molar refractivity (Wildman–Crippen MR) is 73.2 cm³/mol. The van der Waals surface area contributed by atoms with Gasteiger partial charge in [0.2, 0.25) is 5.89 Å². The van der Waals surface area contributed by atoms with Gasteiger partial charge in [0.15, 0.2) is 5.82 Å². The van der Waals surface area contributed by atoms with E-state index in [2.05, 4.69) is 15.5 Å². The maximum atomic E-state index is 12.0. The Kier molecular flexibility index (Phi) is 4.49. The molecule has 0 fully saturated rings. The third kappa shape index (κ3) is 3.54. The summed E-state index contributed by atoms with van der Waals surface area (Å²) in [6.45, 7) is 1.89. The molecule has 110 valence electrons. The molecule has 0 bridgehead atoms. The lowest BCUT2D eigenvalue weighted by molar-refractivity contribution is -0.385. The fourth-order valence-corrected chi connectivity index (χ4v) is 1.95. The molecule has 1 aromatic heterocycles. The first kappa shape index (κ1) is 14.9. The molecular formula is C12H11ClN4O4. The van der Waals surface area contributed by atoms with E-state index in [0.29, 0.717) is 18.1 Å². The van der Waals surface area contributed by atoms with E-state index in [9.17, 15) is 14.9 Å². The minimum Gasteiger partial charge on any atom is -0.351 e. The van der Waals surface area contributed by atoms with E-state index >= 15 is 0 Å². The molecule has 1 amide bonds. The largest absolute Gasteiger partial charge is 0.351 e. The molecule has 2 rings (SSSR count). The third-order valence-corrected chi connectivity index (χ3v) is 2.91. The van der Waals surface area contributed by atoms with Crippen LogP contribution in [-0.4, -0.2) is 27.5 Å². The second-order valence-corrected chi connectivity index (χ2v) is 4.54. The Morgan fingerprint density at radius 1 is 1.52 bits per heavy atom. The molecule has 1 heterocycles.